The monoisotopic (exact) mass is 353 g/mol. The number of piperidine rings is 1. The molecule has 1 aliphatic heterocycles. The summed E-state index contributed by atoms with van der Waals surface area (Å²) >= 11 is 3.66. The molecule has 1 aliphatic rings. The smallest absolute Gasteiger partial charge is 0.217 e. The lowest BCUT2D eigenvalue weighted by atomic mass is 10.0. The van der Waals surface area contributed by atoms with Crippen molar-refractivity contribution in [3.63, 3.8) is 0 Å². The van der Waals surface area contributed by atoms with Gasteiger partial charge in [0.05, 0.1) is 0 Å². The summed E-state index contributed by atoms with van der Waals surface area (Å²) in [6, 6.07) is 6.90. The quantitative estimate of drug-likeness (QED) is 0.855. The Hall–Kier alpha value is -1.07. The van der Waals surface area contributed by atoms with Gasteiger partial charge >= 0.3 is 0 Å². The van der Waals surface area contributed by atoms with Crippen molar-refractivity contribution in [1.29, 1.82) is 0 Å². The molecule has 1 aromatic carbocycles. The third-order valence-corrected chi connectivity index (χ3v) is 4.61. The van der Waals surface area contributed by atoms with Crippen LogP contribution in [0.1, 0.15) is 32.3 Å². The van der Waals surface area contributed by atoms with Gasteiger partial charge in [-0.2, -0.15) is 0 Å². The summed E-state index contributed by atoms with van der Waals surface area (Å²) in [5, 5.41) is 6.36. The van der Waals surface area contributed by atoms with Crippen molar-refractivity contribution in [2.75, 3.05) is 24.5 Å². The molecular formula is C16H24BrN3O. The minimum atomic E-state index is 0.0731. The van der Waals surface area contributed by atoms with Crippen LogP contribution in [0.25, 0.3) is 0 Å². The molecule has 0 spiro atoms. The lowest BCUT2D eigenvalue weighted by Crippen LogP contribution is -2.44. The molecule has 0 atom stereocenters. The van der Waals surface area contributed by atoms with Crippen molar-refractivity contribution in [2.45, 2.75) is 39.3 Å². The molecule has 0 unspecified atom stereocenters. The van der Waals surface area contributed by atoms with E-state index in [2.05, 4.69) is 56.6 Å². The van der Waals surface area contributed by atoms with E-state index in [-0.39, 0.29) is 5.91 Å². The van der Waals surface area contributed by atoms with Crippen molar-refractivity contribution in [1.82, 2.24) is 10.6 Å². The number of anilines is 1. The van der Waals surface area contributed by atoms with Crippen molar-refractivity contribution in [3.8, 4) is 0 Å². The van der Waals surface area contributed by atoms with E-state index >= 15 is 0 Å². The van der Waals surface area contributed by atoms with Gasteiger partial charge < -0.3 is 15.5 Å². The van der Waals surface area contributed by atoms with E-state index in [1.54, 1.807) is 6.92 Å². The van der Waals surface area contributed by atoms with Crippen LogP contribution >= 0.6 is 15.9 Å². The largest absolute Gasteiger partial charge is 0.371 e. The molecule has 1 amide bonds. The first-order chi connectivity index (χ1) is 10.1. The number of rotatable bonds is 5. The fourth-order valence-corrected chi connectivity index (χ4v) is 3.21. The molecule has 0 bridgehead atoms. The van der Waals surface area contributed by atoms with Gasteiger partial charge in [0.15, 0.2) is 0 Å². The van der Waals surface area contributed by atoms with Gasteiger partial charge in [-0.15, -0.1) is 0 Å². The van der Waals surface area contributed by atoms with Crippen LogP contribution in [-0.2, 0) is 11.3 Å². The van der Waals surface area contributed by atoms with Crippen LogP contribution in [0, 0.1) is 0 Å². The van der Waals surface area contributed by atoms with E-state index in [0.29, 0.717) is 6.04 Å². The Bertz CT molecular complexity index is 484. The summed E-state index contributed by atoms with van der Waals surface area (Å²) in [7, 11) is 0. The predicted molar refractivity (Wildman–Crippen MR) is 90.6 cm³/mol. The molecule has 21 heavy (non-hydrogen) atoms. The van der Waals surface area contributed by atoms with Gasteiger partial charge in [0.25, 0.3) is 0 Å². The summed E-state index contributed by atoms with van der Waals surface area (Å²) in [4.78, 5) is 13.5. The number of amides is 1. The summed E-state index contributed by atoms with van der Waals surface area (Å²) in [6.45, 7) is 7.55. The highest BCUT2D eigenvalue weighted by molar-refractivity contribution is 9.10. The minimum Gasteiger partial charge on any atom is -0.371 e. The summed E-state index contributed by atoms with van der Waals surface area (Å²) < 4.78 is 1.16. The van der Waals surface area contributed by atoms with Gasteiger partial charge in [-0.05, 0) is 37.1 Å². The number of nitrogens with zero attached hydrogens (tertiary/aromatic N) is 1. The Balaban J connectivity index is 1.94. The van der Waals surface area contributed by atoms with Crippen LogP contribution in [0.15, 0.2) is 22.7 Å². The molecule has 1 fully saturated rings. The van der Waals surface area contributed by atoms with Crippen molar-refractivity contribution in [2.24, 2.45) is 0 Å². The van der Waals surface area contributed by atoms with Gasteiger partial charge in [0, 0.05) is 42.8 Å². The number of halogens is 1. The van der Waals surface area contributed by atoms with Gasteiger partial charge in [0.2, 0.25) is 5.91 Å². The first kappa shape index (κ1) is 16.3. The van der Waals surface area contributed by atoms with Gasteiger partial charge in [0.1, 0.15) is 0 Å². The molecule has 2 rings (SSSR count). The molecule has 0 saturated carbocycles. The molecule has 1 saturated heterocycles. The second-order valence-corrected chi connectivity index (χ2v) is 6.37. The summed E-state index contributed by atoms with van der Waals surface area (Å²) in [6.07, 6.45) is 2.02. The normalized spacial score (nSPS) is 16.0. The lowest BCUT2D eigenvalue weighted by molar-refractivity contribution is -0.119. The fourth-order valence-electron chi connectivity index (χ4n) is 2.71. The average Bonchev–Trinajstić information content (AvgIpc) is 2.46. The molecule has 0 radical (unpaired) electrons. The second kappa shape index (κ2) is 7.80. The number of hydrogen-bond acceptors (Lipinski definition) is 3. The third kappa shape index (κ3) is 4.71. The molecule has 1 aromatic rings. The van der Waals surface area contributed by atoms with Crippen LogP contribution in [0.2, 0.25) is 0 Å². The molecular weight excluding hydrogens is 330 g/mol. The third-order valence-electron chi connectivity index (χ3n) is 3.87. The Kier molecular flexibility index (Phi) is 6.06. The van der Waals surface area contributed by atoms with E-state index in [4.69, 9.17) is 0 Å². The van der Waals surface area contributed by atoms with E-state index < -0.39 is 0 Å². The SMILES string of the molecule is CCNCc1ccc(N2CCC(NC(C)=O)CC2)cc1Br. The first-order valence-corrected chi connectivity index (χ1v) is 8.40. The zero-order valence-electron chi connectivity index (χ0n) is 12.8. The van der Waals surface area contributed by atoms with Crippen molar-refractivity contribution >= 4 is 27.5 Å². The summed E-state index contributed by atoms with van der Waals surface area (Å²) in [5.74, 6) is 0.0731. The van der Waals surface area contributed by atoms with Gasteiger partial charge in [-0.25, -0.2) is 0 Å². The highest BCUT2D eigenvalue weighted by atomic mass is 79.9. The maximum atomic E-state index is 11.1. The van der Waals surface area contributed by atoms with E-state index in [0.717, 1.165) is 43.5 Å². The molecule has 0 aromatic heterocycles. The Morgan fingerprint density at radius 3 is 2.67 bits per heavy atom. The van der Waals surface area contributed by atoms with Crippen LogP contribution in [-0.4, -0.2) is 31.6 Å². The van der Waals surface area contributed by atoms with Crippen LogP contribution in [0.4, 0.5) is 5.69 Å². The van der Waals surface area contributed by atoms with E-state index in [9.17, 15) is 4.79 Å². The van der Waals surface area contributed by atoms with Crippen molar-refractivity contribution in [3.05, 3.63) is 28.2 Å². The highest BCUT2D eigenvalue weighted by Crippen LogP contribution is 2.26. The van der Waals surface area contributed by atoms with Crippen LogP contribution in [0.5, 0.6) is 0 Å². The van der Waals surface area contributed by atoms with Gasteiger partial charge in [-0.1, -0.05) is 28.9 Å². The zero-order valence-corrected chi connectivity index (χ0v) is 14.4. The number of carbonyl (C=O) groups is 1. The maximum absolute atomic E-state index is 11.1. The number of hydrogen-bond donors (Lipinski definition) is 2. The molecule has 2 N–H and O–H groups in total. The van der Waals surface area contributed by atoms with E-state index in [1.165, 1.54) is 11.3 Å². The Morgan fingerprint density at radius 1 is 1.38 bits per heavy atom. The molecule has 5 heteroatoms. The highest BCUT2D eigenvalue weighted by Gasteiger charge is 2.20. The standard InChI is InChI=1S/C16H24BrN3O/c1-3-18-11-13-4-5-15(10-16(13)17)20-8-6-14(7-9-20)19-12(2)21/h4-5,10,14,18H,3,6-9,11H2,1-2H3,(H,19,21). The minimum absolute atomic E-state index is 0.0731. The molecule has 1 heterocycles. The van der Waals surface area contributed by atoms with Crippen LogP contribution in [0.3, 0.4) is 0 Å². The zero-order chi connectivity index (χ0) is 15.2. The van der Waals surface area contributed by atoms with Crippen molar-refractivity contribution < 1.29 is 4.79 Å². The maximum Gasteiger partial charge on any atom is 0.217 e. The average molecular weight is 354 g/mol. The Labute approximate surface area is 135 Å². The predicted octanol–water partition coefficient (Wildman–Crippen LogP) is 2.66. The molecule has 4 nitrogen and oxygen atoms in total. The second-order valence-electron chi connectivity index (χ2n) is 5.52. The fraction of sp³-hybridized carbons (Fsp3) is 0.562. The van der Waals surface area contributed by atoms with Crippen LogP contribution < -0.4 is 15.5 Å². The first-order valence-electron chi connectivity index (χ1n) is 7.61. The van der Waals surface area contributed by atoms with E-state index in [1.807, 2.05) is 0 Å². The number of nitrogens with one attached hydrogen (secondary N) is 2. The Morgan fingerprint density at radius 2 is 2.10 bits per heavy atom. The summed E-state index contributed by atoms with van der Waals surface area (Å²) in [5.41, 5.74) is 2.54. The molecule has 0 aliphatic carbocycles. The van der Waals surface area contributed by atoms with Gasteiger partial charge in [-0.3, -0.25) is 4.79 Å². The number of carbonyl (C=O) groups excluding carboxylic acids is 1. The topological polar surface area (TPSA) is 44.4 Å². The lowest BCUT2D eigenvalue weighted by Gasteiger charge is -2.34. The number of benzene rings is 1. The molecule has 116 valence electrons.